The summed E-state index contributed by atoms with van der Waals surface area (Å²) in [7, 11) is 0. The van der Waals surface area contributed by atoms with Crippen molar-refractivity contribution in [1.29, 1.82) is 10.7 Å². The number of halogens is 2. The van der Waals surface area contributed by atoms with Crippen LogP contribution in [0.4, 0.5) is 8.78 Å². The highest BCUT2D eigenvalue weighted by Crippen LogP contribution is 2.26. The van der Waals surface area contributed by atoms with Crippen LogP contribution < -0.4 is 4.74 Å². The predicted octanol–water partition coefficient (Wildman–Crippen LogP) is 3.63. The summed E-state index contributed by atoms with van der Waals surface area (Å²) in [6.45, 7) is 0. The van der Waals surface area contributed by atoms with Gasteiger partial charge in [0, 0.05) is 11.8 Å². The molecule has 0 aliphatic rings. The van der Waals surface area contributed by atoms with E-state index in [1.165, 1.54) is 18.2 Å². The molecule has 2 rings (SSSR count). The lowest BCUT2D eigenvalue weighted by atomic mass is 10.2. The van der Waals surface area contributed by atoms with Crippen molar-refractivity contribution >= 4 is 6.21 Å². The Labute approximate surface area is 108 Å². The van der Waals surface area contributed by atoms with Crippen molar-refractivity contribution in [2.75, 3.05) is 0 Å². The molecule has 94 valence electrons. The Kier molecular flexibility index (Phi) is 3.53. The first-order chi connectivity index (χ1) is 9.13. The van der Waals surface area contributed by atoms with Gasteiger partial charge in [-0.25, -0.2) is 8.78 Å². The maximum Gasteiger partial charge on any atom is 0.145 e. The number of nitrogens with one attached hydrogen (secondary N) is 1. The van der Waals surface area contributed by atoms with Crippen LogP contribution in [0.2, 0.25) is 0 Å². The first-order valence-corrected chi connectivity index (χ1v) is 5.31. The Morgan fingerprint density at radius 3 is 2.63 bits per heavy atom. The Morgan fingerprint density at radius 1 is 1.16 bits per heavy atom. The van der Waals surface area contributed by atoms with Crippen molar-refractivity contribution in [3.63, 3.8) is 0 Å². The van der Waals surface area contributed by atoms with Crippen LogP contribution in [0.15, 0.2) is 36.4 Å². The van der Waals surface area contributed by atoms with Gasteiger partial charge in [-0.2, -0.15) is 5.26 Å². The standard InChI is InChI=1S/C14H8F2N2O/c15-11-1-4-14(10(5-11)8-18)19-12-2-3-13(16)9(6-12)7-17/h1-7,17H. The summed E-state index contributed by atoms with van der Waals surface area (Å²) in [6, 6.07) is 9.20. The molecule has 2 aromatic carbocycles. The molecular formula is C14H8F2N2O. The van der Waals surface area contributed by atoms with Crippen LogP contribution in [0.5, 0.6) is 11.5 Å². The number of nitriles is 1. The number of ether oxygens (including phenoxy) is 1. The van der Waals surface area contributed by atoms with E-state index in [-0.39, 0.29) is 22.6 Å². The lowest BCUT2D eigenvalue weighted by Crippen LogP contribution is -1.92. The second kappa shape index (κ2) is 5.27. The van der Waals surface area contributed by atoms with Gasteiger partial charge >= 0.3 is 0 Å². The lowest BCUT2D eigenvalue weighted by molar-refractivity contribution is 0.476. The predicted molar refractivity (Wildman–Crippen MR) is 65.5 cm³/mol. The smallest absolute Gasteiger partial charge is 0.145 e. The zero-order valence-electron chi connectivity index (χ0n) is 9.65. The number of benzene rings is 2. The summed E-state index contributed by atoms with van der Waals surface area (Å²) >= 11 is 0. The quantitative estimate of drug-likeness (QED) is 0.854. The SMILES string of the molecule is N#Cc1cc(F)ccc1Oc1ccc(F)c(C=N)c1. The minimum atomic E-state index is -0.540. The third kappa shape index (κ3) is 2.75. The van der Waals surface area contributed by atoms with Crippen LogP contribution in [0.3, 0.4) is 0 Å². The first kappa shape index (κ1) is 12.7. The van der Waals surface area contributed by atoms with Crippen LogP contribution in [0, 0.1) is 28.4 Å². The maximum atomic E-state index is 13.2. The molecule has 0 bridgehead atoms. The molecule has 1 N–H and O–H groups in total. The van der Waals surface area contributed by atoms with Crippen LogP contribution in [0.25, 0.3) is 0 Å². The molecule has 0 radical (unpaired) electrons. The molecule has 0 aliphatic heterocycles. The average Bonchev–Trinajstić information content (AvgIpc) is 2.42. The minimum absolute atomic E-state index is 0.0423. The molecule has 0 aromatic heterocycles. The van der Waals surface area contributed by atoms with E-state index < -0.39 is 11.6 Å². The van der Waals surface area contributed by atoms with E-state index in [1.54, 1.807) is 0 Å². The highest BCUT2D eigenvalue weighted by atomic mass is 19.1. The average molecular weight is 258 g/mol. The molecule has 0 heterocycles. The molecule has 3 nitrogen and oxygen atoms in total. The van der Waals surface area contributed by atoms with Gasteiger partial charge in [0.15, 0.2) is 0 Å². The van der Waals surface area contributed by atoms with Crippen molar-refractivity contribution in [2.45, 2.75) is 0 Å². The molecule has 0 spiro atoms. The Morgan fingerprint density at radius 2 is 1.95 bits per heavy atom. The van der Waals surface area contributed by atoms with E-state index in [9.17, 15) is 8.78 Å². The van der Waals surface area contributed by atoms with Gasteiger partial charge in [0.05, 0.1) is 5.56 Å². The maximum absolute atomic E-state index is 13.2. The molecule has 19 heavy (non-hydrogen) atoms. The summed E-state index contributed by atoms with van der Waals surface area (Å²) in [5, 5.41) is 15.9. The number of hydrogen-bond acceptors (Lipinski definition) is 3. The fraction of sp³-hybridized carbons (Fsp3) is 0. The summed E-state index contributed by atoms with van der Waals surface area (Å²) < 4.78 is 31.6. The third-order valence-electron chi connectivity index (χ3n) is 2.41. The summed E-state index contributed by atoms with van der Waals surface area (Å²) in [5.41, 5.74) is 0.110. The number of rotatable bonds is 3. The van der Waals surface area contributed by atoms with Gasteiger partial charge in [0.25, 0.3) is 0 Å². The van der Waals surface area contributed by atoms with Gasteiger partial charge in [0.2, 0.25) is 0 Å². The molecule has 0 aliphatic carbocycles. The molecule has 0 amide bonds. The molecule has 2 aromatic rings. The van der Waals surface area contributed by atoms with E-state index in [2.05, 4.69) is 0 Å². The molecule has 0 atom stereocenters. The van der Waals surface area contributed by atoms with E-state index >= 15 is 0 Å². The van der Waals surface area contributed by atoms with Gasteiger partial charge in [-0.1, -0.05) is 0 Å². The zero-order valence-corrected chi connectivity index (χ0v) is 9.65. The van der Waals surface area contributed by atoms with Crippen LogP contribution in [-0.2, 0) is 0 Å². The Balaban J connectivity index is 2.36. The van der Waals surface area contributed by atoms with Gasteiger partial charge in [-0.3, -0.25) is 0 Å². The summed E-state index contributed by atoms with van der Waals surface area (Å²) in [5.74, 6) is -0.639. The zero-order chi connectivity index (χ0) is 13.8. The number of nitrogens with zero attached hydrogens (tertiary/aromatic N) is 1. The van der Waals surface area contributed by atoms with Crippen LogP contribution in [0.1, 0.15) is 11.1 Å². The number of hydrogen-bond donors (Lipinski definition) is 1. The summed E-state index contributed by atoms with van der Waals surface area (Å²) in [6.07, 6.45) is 0.859. The van der Waals surface area contributed by atoms with Gasteiger partial charge < -0.3 is 10.1 Å². The van der Waals surface area contributed by atoms with Crippen molar-refractivity contribution in [3.05, 3.63) is 59.2 Å². The molecule has 0 saturated carbocycles. The van der Waals surface area contributed by atoms with E-state index in [0.29, 0.717) is 0 Å². The molecule has 0 unspecified atom stereocenters. The molecule has 0 saturated heterocycles. The van der Waals surface area contributed by atoms with Gasteiger partial charge in [-0.15, -0.1) is 0 Å². The Hall–Kier alpha value is -2.74. The second-order valence-corrected chi connectivity index (χ2v) is 3.68. The molecule has 5 heteroatoms. The third-order valence-corrected chi connectivity index (χ3v) is 2.41. The minimum Gasteiger partial charge on any atom is -0.456 e. The Bertz CT molecular complexity index is 678. The van der Waals surface area contributed by atoms with E-state index in [4.69, 9.17) is 15.4 Å². The van der Waals surface area contributed by atoms with Crippen LogP contribution in [-0.4, -0.2) is 6.21 Å². The van der Waals surface area contributed by atoms with Crippen molar-refractivity contribution in [1.82, 2.24) is 0 Å². The monoisotopic (exact) mass is 258 g/mol. The van der Waals surface area contributed by atoms with Crippen molar-refractivity contribution in [3.8, 4) is 17.6 Å². The normalized spacial score (nSPS) is 9.74. The van der Waals surface area contributed by atoms with Gasteiger partial charge in [-0.05, 0) is 36.4 Å². The topological polar surface area (TPSA) is 56.9 Å². The van der Waals surface area contributed by atoms with Crippen molar-refractivity contribution < 1.29 is 13.5 Å². The van der Waals surface area contributed by atoms with Gasteiger partial charge in [0.1, 0.15) is 29.2 Å². The van der Waals surface area contributed by atoms with E-state index in [1.807, 2.05) is 6.07 Å². The lowest BCUT2D eigenvalue weighted by Gasteiger charge is -2.08. The van der Waals surface area contributed by atoms with E-state index in [0.717, 1.165) is 24.4 Å². The second-order valence-electron chi connectivity index (χ2n) is 3.68. The molecular weight excluding hydrogens is 250 g/mol. The largest absolute Gasteiger partial charge is 0.456 e. The molecule has 0 fully saturated rings. The fourth-order valence-corrected chi connectivity index (χ4v) is 1.50. The summed E-state index contributed by atoms with van der Waals surface area (Å²) in [4.78, 5) is 0. The van der Waals surface area contributed by atoms with Crippen molar-refractivity contribution in [2.24, 2.45) is 0 Å². The highest BCUT2D eigenvalue weighted by Gasteiger charge is 2.08. The highest BCUT2D eigenvalue weighted by molar-refractivity contribution is 5.78. The fourth-order valence-electron chi connectivity index (χ4n) is 1.50. The first-order valence-electron chi connectivity index (χ1n) is 5.31. The van der Waals surface area contributed by atoms with Crippen LogP contribution >= 0.6 is 0 Å².